The summed E-state index contributed by atoms with van der Waals surface area (Å²) in [4.78, 5) is 2.47. The minimum atomic E-state index is 0.437. The van der Waals surface area contributed by atoms with Crippen LogP contribution in [0.3, 0.4) is 0 Å². The summed E-state index contributed by atoms with van der Waals surface area (Å²) >= 11 is 0. The van der Waals surface area contributed by atoms with Gasteiger partial charge in [-0.25, -0.2) is 4.68 Å². The van der Waals surface area contributed by atoms with Crippen LogP contribution in [-0.4, -0.2) is 34.8 Å². The van der Waals surface area contributed by atoms with Crippen molar-refractivity contribution in [2.45, 2.75) is 38.3 Å². The third-order valence-corrected chi connectivity index (χ3v) is 6.10. The Bertz CT molecular complexity index is 965. The normalized spacial score (nSPS) is 19.0. The number of piperidine rings is 1. The Kier molecular flexibility index (Phi) is 4.98. The maximum Gasteiger partial charge on any atom is 0.133 e. The summed E-state index contributed by atoms with van der Waals surface area (Å²) < 4.78 is 8.02. The van der Waals surface area contributed by atoms with Crippen LogP contribution in [0.4, 0.5) is 5.82 Å². The number of rotatable bonds is 5. The van der Waals surface area contributed by atoms with Crippen molar-refractivity contribution in [3.05, 3.63) is 71.4 Å². The van der Waals surface area contributed by atoms with E-state index in [0.29, 0.717) is 12.6 Å². The van der Waals surface area contributed by atoms with Crippen LogP contribution in [0.2, 0.25) is 0 Å². The second kappa shape index (κ2) is 7.91. The highest BCUT2D eigenvalue weighted by Gasteiger charge is 2.31. The average Bonchev–Trinajstić information content (AvgIpc) is 3.37. The minimum absolute atomic E-state index is 0.437. The van der Waals surface area contributed by atoms with Gasteiger partial charge in [-0.05, 0) is 62.7 Å². The van der Waals surface area contributed by atoms with Gasteiger partial charge in [0.1, 0.15) is 18.2 Å². The molecule has 0 bridgehead atoms. The number of hydrogen-bond acceptors (Lipinski definition) is 4. The maximum absolute atomic E-state index is 5.94. The summed E-state index contributed by atoms with van der Waals surface area (Å²) in [5.41, 5.74) is 4.91. The van der Waals surface area contributed by atoms with E-state index in [1.807, 2.05) is 30.3 Å². The molecule has 1 saturated heterocycles. The second-order valence-electron chi connectivity index (χ2n) is 8.06. The topological polar surface area (TPSA) is 42.3 Å². The van der Waals surface area contributed by atoms with Crippen molar-refractivity contribution >= 4 is 5.82 Å². The number of aromatic nitrogens is 2. The van der Waals surface area contributed by atoms with Gasteiger partial charge in [-0.3, -0.25) is 4.90 Å². The van der Waals surface area contributed by atoms with Gasteiger partial charge in [0.15, 0.2) is 0 Å². The fourth-order valence-electron chi connectivity index (χ4n) is 4.50. The smallest absolute Gasteiger partial charge is 0.133 e. The Labute approximate surface area is 172 Å². The van der Waals surface area contributed by atoms with Gasteiger partial charge in [-0.15, -0.1) is 0 Å². The first-order chi connectivity index (χ1) is 14.3. The maximum atomic E-state index is 5.94. The summed E-state index contributed by atoms with van der Waals surface area (Å²) in [5.74, 6) is 2.04. The second-order valence-corrected chi connectivity index (χ2v) is 8.06. The van der Waals surface area contributed by atoms with Gasteiger partial charge in [0.25, 0.3) is 0 Å². The number of fused-ring (bicyclic) bond motifs is 1. The number of hydrogen-bond donors (Lipinski definition) is 1. The molecule has 1 atom stereocenters. The molecule has 0 saturated carbocycles. The van der Waals surface area contributed by atoms with Gasteiger partial charge in [-0.1, -0.05) is 36.8 Å². The van der Waals surface area contributed by atoms with Crippen molar-refractivity contribution in [1.29, 1.82) is 0 Å². The number of benzene rings is 2. The molecule has 5 heteroatoms. The van der Waals surface area contributed by atoms with Crippen LogP contribution >= 0.6 is 0 Å². The molecule has 3 aromatic rings. The standard InChI is InChI=1S/C24H28N4O/c1-27-16-6-5-9-22(27)23-21-14-15-25-24(21)28(26-23)19-10-12-20(13-11-19)29-17-18-7-3-2-4-8-18/h2-4,7-8,10-13,22,25H,5-6,9,14-17H2,1H3. The zero-order valence-electron chi connectivity index (χ0n) is 17.0. The van der Waals surface area contributed by atoms with Gasteiger partial charge in [0.05, 0.1) is 17.4 Å². The number of nitrogens with zero attached hydrogens (tertiary/aromatic N) is 3. The van der Waals surface area contributed by atoms with Gasteiger partial charge < -0.3 is 10.1 Å². The number of likely N-dealkylation sites (tertiary alicyclic amines) is 1. The molecule has 2 aliphatic rings. The van der Waals surface area contributed by atoms with Gasteiger partial charge >= 0.3 is 0 Å². The highest BCUT2D eigenvalue weighted by Crippen LogP contribution is 2.37. The molecule has 2 aliphatic heterocycles. The predicted molar refractivity (Wildman–Crippen MR) is 116 cm³/mol. The molecule has 150 valence electrons. The van der Waals surface area contributed by atoms with Crippen LogP contribution in [0.5, 0.6) is 5.75 Å². The lowest BCUT2D eigenvalue weighted by Gasteiger charge is -2.31. The van der Waals surface area contributed by atoms with Gasteiger partial charge in [0, 0.05) is 12.1 Å². The fourth-order valence-corrected chi connectivity index (χ4v) is 4.50. The van der Waals surface area contributed by atoms with Crippen molar-refractivity contribution in [2.24, 2.45) is 0 Å². The Hall–Kier alpha value is -2.79. The Morgan fingerprint density at radius 1 is 1.07 bits per heavy atom. The van der Waals surface area contributed by atoms with Crippen LogP contribution in [0.15, 0.2) is 54.6 Å². The van der Waals surface area contributed by atoms with Crippen molar-refractivity contribution < 1.29 is 4.74 Å². The minimum Gasteiger partial charge on any atom is -0.489 e. The number of anilines is 1. The molecule has 2 aromatic carbocycles. The Morgan fingerprint density at radius 2 is 1.90 bits per heavy atom. The third kappa shape index (κ3) is 3.62. The van der Waals surface area contributed by atoms with E-state index >= 15 is 0 Å². The van der Waals surface area contributed by atoms with E-state index in [1.165, 1.54) is 36.1 Å². The van der Waals surface area contributed by atoms with E-state index < -0.39 is 0 Å². The molecule has 3 heterocycles. The lowest BCUT2D eigenvalue weighted by atomic mass is 9.97. The lowest BCUT2D eigenvalue weighted by Crippen LogP contribution is -2.30. The van der Waals surface area contributed by atoms with Gasteiger partial charge in [-0.2, -0.15) is 5.10 Å². The molecular weight excluding hydrogens is 360 g/mol. The van der Waals surface area contributed by atoms with E-state index in [0.717, 1.165) is 36.8 Å². The lowest BCUT2D eigenvalue weighted by molar-refractivity contribution is 0.182. The van der Waals surface area contributed by atoms with Crippen LogP contribution in [0.1, 0.15) is 42.1 Å². The summed E-state index contributed by atoms with van der Waals surface area (Å²) in [6, 6.07) is 19.0. The van der Waals surface area contributed by atoms with E-state index in [9.17, 15) is 0 Å². The third-order valence-electron chi connectivity index (χ3n) is 6.10. The SMILES string of the molecule is CN1CCCCC1c1nn(-c2ccc(OCc3ccccc3)cc2)c2c1CCN2. The van der Waals surface area contributed by atoms with Crippen molar-refractivity contribution in [2.75, 3.05) is 25.5 Å². The molecule has 1 N–H and O–H groups in total. The predicted octanol–water partition coefficient (Wildman–Crippen LogP) is 4.58. The van der Waals surface area contributed by atoms with Crippen LogP contribution < -0.4 is 10.1 Å². The summed E-state index contributed by atoms with van der Waals surface area (Å²) in [6.07, 6.45) is 4.84. The quantitative estimate of drug-likeness (QED) is 0.695. The molecule has 29 heavy (non-hydrogen) atoms. The zero-order chi connectivity index (χ0) is 19.6. The molecular formula is C24H28N4O. The summed E-state index contributed by atoms with van der Waals surface area (Å²) in [5, 5.41) is 8.62. The summed E-state index contributed by atoms with van der Waals surface area (Å²) in [6.45, 7) is 2.74. The molecule has 0 spiro atoms. The molecule has 0 radical (unpaired) electrons. The fraction of sp³-hybridized carbons (Fsp3) is 0.375. The van der Waals surface area contributed by atoms with Crippen molar-refractivity contribution in [1.82, 2.24) is 14.7 Å². The highest BCUT2D eigenvalue weighted by atomic mass is 16.5. The average molecular weight is 389 g/mol. The van der Waals surface area contributed by atoms with Crippen molar-refractivity contribution in [3.63, 3.8) is 0 Å². The van der Waals surface area contributed by atoms with Crippen LogP contribution in [0.25, 0.3) is 5.69 Å². The largest absolute Gasteiger partial charge is 0.489 e. The molecule has 5 nitrogen and oxygen atoms in total. The molecule has 1 aromatic heterocycles. The van der Waals surface area contributed by atoms with Gasteiger partial charge in [0.2, 0.25) is 0 Å². The van der Waals surface area contributed by atoms with E-state index in [4.69, 9.17) is 9.84 Å². The first kappa shape index (κ1) is 18.3. The molecule has 0 aliphatic carbocycles. The zero-order valence-corrected chi connectivity index (χ0v) is 17.0. The molecule has 5 rings (SSSR count). The molecule has 1 unspecified atom stereocenters. The number of nitrogens with one attached hydrogen (secondary N) is 1. The highest BCUT2D eigenvalue weighted by molar-refractivity contribution is 5.58. The van der Waals surface area contributed by atoms with E-state index in [1.54, 1.807) is 0 Å². The van der Waals surface area contributed by atoms with E-state index in [-0.39, 0.29) is 0 Å². The Morgan fingerprint density at radius 3 is 2.69 bits per heavy atom. The Balaban J connectivity index is 1.37. The number of ether oxygens (including phenoxy) is 1. The summed E-state index contributed by atoms with van der Waals surface area (Å²) in [7, 11) is 2.23. The van der Waals surface area contributed by atoms with Crippen LogP contribution in [0, 0.1) is 0 Å². The monoisotopic (exact) mass is 388 g/mol. The van der Waals surface area contributed by atoms with Crippen LogP contribution in [-0.2, 0) is 13.0 Å². The van der Waals surface area contributed by atoms with E-state index in [2.05, 4.69) is 46.2 Å². The molecule has 1 fully saturated rings. The van der Waals surface area contributed by atoms with Crippen molar-refractivity contribution in [3.8, 4) is 11.4 Å². The first-order valence-corrected chi connectivity index (χ1v) is 10.6. The first-order valence-electron chi connectivity index (χ1n) is 10.6. The molecule has 0 amide bonds.